The van der Waals surface area contributed by atoms with Crippen LogP contribution in [-0.2, 0) is 14.4 Å². The van der Waals surface area contributed by atoms with E-state index in [1.165, 1.54) is 0 Å². The number of imide groups is 1. The summed E-state index contributed by atoms with van der Waals surface area (Å²) < 4.78 is 0. The average molecular weight is 461 g/mol. The molecular formula is C25H21ClN4O3. The van der Waals surface area contributed by atoms with Gasteiger partial charge in [-0.25, -0.2) is 0 Å². The van der Waals surface area contributed by atoms with Gasteiger partial charge in [0.15, 0.2) is 0 Å². The van der Waals surface area contributed by atoms with Gasteiger partial charge in [-0.3, -0.25) is 29.6 Å². The number of rotatable bonds is 3. The first-order valence-corrected chi connectivity index (χ1v) is 11.0. The summed E-state index contributed by atoms with van der Waals surface area (Å²) in [6, 6.07) is 15.1. The zero-order chi connectivity index (χ0) is 23.1. The number of anilines is 3. The van der Waals surface area contributed by atoms with Crippen LogP contribution in [-0.4, -0.2) is 36.3 Å². The molecule has 5 rings (SSSR count). The maximum Gasteiger partial charge on any atom is 0.251 e. The van der Waals surface area contributed by atoms with Crippen LogP contribution in [0.2, 0.25) is 5.02 Å². The summed E-state index contributed by atoms with van der Waals surface area (Å²) in [6.45, 7) is 0.276. The number of halogens is 1. The van der Waals surface area contributed by atoms with Gasteiger partial charge in [-0.1, -0.05) is 41.9 Å². The smallest absolute Gasteiger partial charge is 0.251 e. The highest BCUT2D eigenvalue weighted by Gasteiger charge is 2.31. The molecule has 0 aliphatic carbocycles. The number of fused-ring (bicyclic) bond motifs is 1. The van der Waals surface area contributed by atoms with Gasteiger partial charge < -0.3 is 4.90 Å². The Morgan fingerprint density at radius 3 is 2.58 bits per heavy atom. The van der Waals surface area contributed by atoms with Crippen molar-refractivity contribution in [1.82, 2.24) is 10.3 Å². The van der Waals surface area contributed by atoms with Crippen LogP contribution >= 0.6 is 11.6 Å². The van der Waals surface area contributed by atoms with Crippen LogP contribution in [0.4, 0.5) is 17.1 Å². The summed E-state index contributed by atoms with van der Waals surface area (Å²) in [6.07, 6.45) is 4.13. The van der Waals surface area contributed by atoms with Crippen LogP contribution in [0.15, 0.2) is 60.9 Å². The second kappa shape index (κ2) is 8.33. The maximum atomic E-state index is 12.8. The summed E-state index contributed by atoms with van der Waals surface area (Å²) in [5.74, 6) is -1.07. The van der Waals surface area contributed by atoms with E-state index in [0.29, 0.717) is 23.4 Å². The monoisotopic (exact) mass is 460 g/mol. The highest BCUT2D eigenvalue weighted by Crippen LogP contribution is 2.40. The van der Waals surface area contributed by atoms with Gasteiger partial charge in [0.1, 0.15) is 0 Å². The van der Waals surface area contributed by atoms with Gasteiger partial charge >= 0.3 is 0 Å². The zero-order valence-corrected chi connectivity index (χ0v) is 18.7. The zero-order valence-electron chi connectivity index (χ0n) is 17.9. The second-order valence-electron chi connectivity index (χ2n) is 8.21. The quantitative estimate of drug-likeness (QED) is 0.596. The molecule has 33 heavy (non-hydrogen) atoms. The lowest BCUT2D eigenvalue weighted by Gasteiger charge is -2.34. The van der Waals surface area contributed by atoms with Crippen molar-refractivity contribution < 1.29 is 14.4 Å². The van der Waals surface area contributed by atoms with E-state index >= 15 is 0 Å². The van der Waals surface area contributed by atoms with E-state index in [9.17, 15) is 14.4 Å². The Morgan fingerprint density at radius 2 is 1.82 bits per heavy atom. The first kappa shape index (κ1) is 21.2. The van der Waals surface area contributed by atoms with Gasteiger partial charge in [-0.15, -0.1) is 0 Å². The maximum absolute atomic E-state index is 12.8. The van der Waals surface area contributed by atoms with Crippen molar-refractivity contribution in [3.05, 3.63) is 71.5 Å². The van der Waals surface area contributed by atoms with E-state index in [4.69, 9.17) is 11.6 Å². The lowest BCUT2D eigenvalue weighted by atomic mass is 9.88. The fourth-order valence-corrected chi connectivity index (χ4v) is 4.84. The average Bonchev–Trinajstić information content (AvgIpc) is 2.80. The lowest BCUT2D eigenvalue weighted by Crippen LogP contribution is -2.41. The van der Waals surface area contributed by atoms with Gasteiger partial charge in [0.25, 0.3) is 5.91 Å². The van der Waals surface area contributed by atoms with E-state index < -0.39 is 5.92 Å². The molecule has 2 aliphatic rings. The molecule has 7 nitrogen and oxygen atoms in total. The minimum atomic E-state index is -0.457. The fraction of sp³-hybridized carbons (Fsp3) is 0.200. The fourth-order valence-electron chi connectivity index (χ4n) is 4.47. The highest BCUT2D eigenvalue weighted by atomic mass is 35.5. The van der Waals surface area contributed by atoms with E-state index in [2.05, 4.69) is 10.3 Å². The van der Waals surface area contributed by atoms with Gasteiger partial charge in [0, 0.05) is 30.9 Å². The number of hydrogen-bond donors (Lipinski definition) is 1. The molecule has 1 fully saturated rings. The molecule has 1 N–H and O–H groups in total. The Labute approximate surface area is 196 Å². The summed E-state index contributed by atoms with van der Waals surface area (Å²) in [5, 5.41) is 2.88. The minimum Gasteiger partial charge on any atom is -0.363 e. The third-order valence-electron chi connectivity index (χ3n) is 6.13. The molecule has 0 radical (unpaired) electrons. The molecular weight excluding hydrogens is 440 g/mol. The molecule has 3 amide bonds. The molecule has 2 aliphatic heterocycles. The molecule has 0 spiro atoms. The van der Waals surface area contributed by atoms with Crippen LogP contribution in [0, 0.1) is 0 Å². The van der Waals surface area contributed by atoms with E-state index in [1.54, 1.807) is 17.3 Å². The summed E-state index contributed by atoms with van der Waals surface area (Å²) >= 11 is 6.73. The van der Waals surface area contributed by atoms with Crippen LogP contribution in [0.5, 0.6) is 0 Å². The molecule has 2 aromatic carbocycles. The first-order chi connectivity index (χ1) is 15.9. The van der Waals surface area contributed by atoms with Crippen molar-refractivity contribution in [2.45, 2.75) is 18.8 Å². The van der Waals surface area contributed by atoms with Crippen molar-refractivity contribution in [2.24, 2.45) is 0 Å². The van der Waals surface area contributed by atoms with Crippen LogP contribution in [0.25, 0.3) is 11.1 Å². The summed E-state index contributed by atoms with van der Waals surface area (Å²) in [7, 11) is 1.88. The number of aromatic nitrogens is 1. The number of hydrogen-bond acceptors (Lipinski definition) is 5. The molecule has 1 unspecified atom stereocenters. The molecule has 8 heteroatoms. The van der Waals surface area contributed by atoms with Crippen molar-refractivity contribution in [2.75, 3.05) is 23.4 Å². The number of nitrogens with zero attached hydrogens (tertiary/aromatic N) is 3. The number of nitrogens with one attached hydrogen (secondary N) is 1. The highest BCUT2D eigenvalue weighted by molar-refractivity contribution is 6.34. The van der Waals surface area contributed by atoms with Crippen LogP contribution in [0.3, 0.4) is 0 Å². The van der Waals surface area contributed by atoms with E-state index in [-0.39, 0.29) is 24.3 Å². The van der Waals surface area contributed by atoms with Crippen molar-refractivity contribution in [1.29, 1.82) is 0 Å². The normalized spacial score (nSPS) is 18.2. The summed E-state index contributed by atoms with van der Waals surface area (Å²) in [4.78, 5) is 44.4. The summed E-state index contributed by atoms with van der Waals surface area (Å²) in [5.41, 5.74) is 4.78. The van der Waals surface area contributed by atoms with E-state index in [0.717, 1.165) is 28.2 Å². The number of carbonyl (C=O) groups excluding carboxylic acids is 3. The molecule has 1 aromatic heterocycles. The molecule has 0 saturated carbocycles. The van der Waals surface area contributed by atoms with Gasteiger partial charge in [0.2, 0.25) is 11.8 Å². The van der Waals surface area contributed by atoms with Gasteiger partial charge in [-0.05, 0) is 35.7 Å². The number of amides is 3. The van der Waals surface area contributed by atoms with Crippen LogP contribution in [0.1, 0.15) is 24.3 Å². The molecule has 1 saturated heterocycles. The first-order valence-electron chi connectivity index (χ1n) is 10.6. The number of pyridine rings is 1. The second-order valence-corrected chi connectivity index (χ2v) is 8.59. The third-order valence-corrected chi connectivity index (χ3v) is 6.55. The standard InChI is InChI=1S/C25H21ClN4O3/c1-29-14-23(32)30(21-13-27-12-11-20(21)29)16-7-5-15(6-8-16)17-3-2-4-18(24(17)26)19-9-10-22(31)28-25(19)33/h2-8,11-13,19H,9-10,14H2,1H3,(H,28,31,33). The Balaban J connectivity index is 1.48. The van der Waals surface area contributed by atoms with E-state index in [1.807, 2.05) is 60.5 Å². The van der Waals surface area contributed by atoms with Gasteiger partial charge in [0.05, 0.1) is 35.1 Å². The molecule has 3 heterocycles. The predicted molar refractivity (Wildman–Crippen MR) is 127 cm³/mol. The topological polar surface area (TPSA) is 82.6 Å². The van der Waals surface area contributed by atoms with Crippen molar-refractivity contribution >= 4 is 46.4 Å². The van der Waals surface area contributed by atoms with Crippen LogP contribution < -0.4 is 15.1 Å². The van der Waals surface area contributed by atoms with Crippen molar-refractivity contribution in [3.8, 4) is 11.1 Å². The molecule has 3 aromatic rings. The predicted octanol–water partition coefficient (Wildman–Crippen LogP) is 4.04. The largest absolute Gasteiger partial charge is 0.363 e. The number of benzene rings is 2. The third kappa shape index (κ3) is 3.74. The Kier molecular flexibility index (Phi) is 5.34. The Morgan fingerprint density at radius 1 is 1.03 bits per heavy atom. The lowest BCUT2D eigenvalue weighted by molar-refractivity contribution is -0.134. The number of carbonyl (C=O) groups is 3. The Hall–Kier alpha value is -3.71. The molecule has 0 bridgehead atoms. The number of piperidine rings is 1. The molecule has 1 atom stereocenters. The molecule has 166 valence electrons. The SMILES string of the molecule is CN1CC(=O)N(c2ccc(-c3cccc(C4CCC(=O)NC4=O)c3Cl)cc2)c2cnccc21. The minimum absolute atomic E-state index is 0.0383. The van der Waals surface area contributed by atoms with Gasteiger partial charge in [-0.2, -0.15) is 0 Å². The number of likely N-dealkylation sites (N-methyl/N-ethyl adjacent to an activating group) is 1. The van der Waals surface area contributed by atoms with Crippen molar-refractivity contribution in [3.63, 3.8) is 0 Å². The Bertz CT molecular complexity index is 1270.